The molecule has 2 aromatic carbocycles. The van der Waals surface area contributed by atoms with E-state index in [0.717, 1.165) is 69.8 Å². The van der Waals surface area contributed by atoms with Crippen molar-refractivity contribution in [3.63, 3.8) is 0 Å². The molecule has 8 rings (SSSR count). The summed E-state index contributed by atoms with van der Waals surface area (Å²) >= 11 is 0. The molecule has 2 aliphatic heterocycles. The summed E-state index contributed by atoms with van der Waals surface area (Å²) < 4.78 is 33.4. The largest absolute Gasteiger partial charge is 0.371 e. The SMILES string of the molecule is Cc1nc2c(F)cc(-c3nc(Nc4ccc(CN5CCN(CC6CN(c7ccc(-n8ccc(=O)[nH]c8=O)cc7)C6)CC5)cn4)ncc3F)cc2n1C(C)C. The van der Waals surface area contributed by atoms with E-state index in [9.17, 15) is 14.0 Å². The van der Waals surface area contributed by atoms with E-state index in [1.165, 1.54) is 22.9 Å². The van der Waals surface area contributed by atoms with Crippen LogP contribution in [0.25, 0.3) is 28.0 Å². The van der Waals surface area contributed by atoms with Crippen molar-refractivity contribution in [3.05, 3.63) is 117 Å². The highest BCUT2D eigenvalue weighted by Gasteiger charge is 2.30. The van der Waals surface area contributed by atoms with Gasteiger partial charge in [-0.2, -0.15) is 0 Å². The van der Waals surface area contributed by atoms with Crippen molar-refractivity contribution in [1.29, 1.82) is 0 Å². The lowest BCUT2D eigenvalue weighted by atomic mass is 9.98. The number of pyridine rings is 1. The van der Waals surface area contributed by atoms with E-state index in [2.05, 4.69) is 44.9 Å². The van der Waals surface area contributed by atoms with Crippen LogP contribution in [0.5, 0.6) is 0 Å². The Morgan fingerprint density at radius 1 is 0.870 bits per heavy atom. The molecular formula is C39H41F2N11O2. The second kappa shape index (κ2) is 14.6. The molecule has 2 fully saturated rings. The monoisotopic (exact) mass is 733 g/mol. The molecule has 278 valence electrons. The van der Waals surface area contributed by atoms with Crippen molar-refractivity contribution in [2.75, 3.05) is 56.0 Å². The van der Waals surface area contributed by atoms with Crippen LogP contribution < -0.4 is 21.5 Å². The second-order valence-corrected chi connectivity index (χ2v) is 14.4. The van der Waals surface area contributed by atoms with Gasteiger partial charge in [0.25, 0.3) is 5.56 Å². The molecule has 2 N–H and O–H groups in total. The third kappa shape index (κ3) is 7.24. The number of benzene rings is 2. The number of nitrogens with zero attached hydrogens (tertiary/aromatic N) is 9. The molecule has 4 aromatic heterocycles. The van der Waals surface area contributed by atoms with Crippen LogP contribution in [0, 0.1) is 24.5 Å². The highest BCUT2D eigenvalue weighted by molar-refractivity contribution is 5.83. The van der Waals surface area contributed by atoms with Crippen molar-refractivity contribution < 1.29 is 8.78 Å². The number of rotatable bonds is 10. The molecule has 0 bridgehead atoms. The van der Waals surface area contributed by atoms with Crippen molar-refractivity contribution in [1.82, 2.24) is 43.9 Å². The fourth-order valence-electron chi connectivity index (χ4n) is 7.49. The van der Waals surface area contributed by atoms with Crippen LogP contribution in [0.2, 0.25) is 0 Å². The molecule has 6 aromatic rings. The molecule has 2 saturated heterocycles. The zero-order chi connectivity index (χ0) is 37.5. The van der Waals surface area contributed by atoms with Crippen LogP contribution in [0.3, 0.4) is 0 Å². The quantitative estimate of drug-likeness (QED) is 0.201. The summed E-state index contributed by atoms with van der Waals surface area (Å²) in [5, 5.41) is 3.06. The molecule has 0 amide bonds. The van der Waals surface area contributed by atoms with Gasteiger partial charge < -0.3 is 19.7 Å². The summed E-state index contributed by atoms with van der Waals surface area (Å²) in [6.45, 7) is 13.6. The second-order valence-electron chi connectivity index (χ2n) is 14.4. The van der Waals surface area contributed by atoms with E-state index in [1.807, 2.05) is 67.9 Å². The van der Waals surface area contributed by atoms with Gasteiger partial charge in [0.15, 0.2) is 11.6 Å². The Morgan fingerprint density at radius 2 is 1.61 bits per heavy atom. The normalized spacial score (nSPS) is 15.6. The lowest BCUT2D eigenvalue weighted by Crippen LogP contribution is -2.54. The van der Waals surface area contributed by atoms with E-state index in [1.54, 1.807) is 6.07 Å². The van der Waals surface area contributed by atoms with Crippen LogP contribution in [0.4, 0.5) is 26.2 Å². The van der Waals surface area contributed by atoms with Crippen LogP contribution in [-0.4, -0.2) is 89.7 Å². The number of nitrogens with one attached hydrogen (secondary N) is 2. The van der Waals surface area contributed by atoms with Gasteiger partial charge in [0.2, 0.25) is 5.95 Å². The zero-order valence-electron chi connectivity index (χ0n) is 30.3. The van der Waals surface area contributed by atoms with Crippen molar-refractivity contribution >= 4 is 28.5 Å². The van der Waals surface area contributed by atoms with Crippen molar-refractivity contribution in [3.8, 4) is 16.9 Å². The van der Waals surface area contributed by atoms with Gasteiger partial charge in [-0.25, -0.2) is 33.5 Å². The molecule has 13 nitrogen and oxygen atoms in total. The average molecular weight is 734 g/mol. The molecule has 0 atom stereocenters. The number of hydrogen-bond donors (Lipinski definition) is 2. The molecule has 0 saturated carbocycles. The highest BCUT2D eigenvalue weighted by atomic mass is 19.1. The maximum Gasteiger partial charge on any atom is 0.332 e. The first-order valence-corrected chi connectivity index (χ1v) is 18.1. The predicted molar refractivity (Wildman–Crippen MR) is 203 cm³/mol. The molecule has 6 heterocycles. The number of imidazole rings is 1. The third-order valence-corrected chi connectivity index (χ3v) is 10.2. The Kier molecular flexibility index (Phi) is 9.50. The Bertz CT molecular complexity index is 2410. The molecule has 0 aliphatic carbocycles. The van der Waals surface area contributed by atoms with Crippen LogP contribution in [0.1, 0.15) is 31.3 Å². The number of H-pyrrole nitrogens is 1. The van der Waals surface area contributed by atoms with Gasteiger partial charge >= 0.3 is 5.69 Å². The van der Waals surface area contributed by atoms with Gasteiger partial charge in [0.05, 0.1) is 17.4 Å². The van der Waals surface area contributed by atoms with Crippen LogP contribution >= 0.6 is 0 Å². The van der Waals surface area contributed by atoms with Crippen LogP contribution in [-0.2, 0) is 6.54 Å². The fraction of sp³-hybridized carbons (Fsp3) is 0.333. The Morgan fingerprint density at radius 3 is 2.31 bits per heavy atom. The fourth-order valence-corrected chi connectivity index (χ4v) is 7.49. The number of aromatic amines is 1. The number of aromatic nitrogens is 7. The number of fused-ring (bicyclic) bond motifs is 1. The minimum absolute atomic E-state index is 0.0114. The average Bonchev–Trinajstić information content (AvgIpc) is 3.49. The zero-order valence-corrected chi connectivity index (χ0v) is 30.3. The summed E-state index contributed by atoms with van der Waals surface area (Å²) in [6.07, 6.45) is 4.39. The topological polar surface area (TPSA) is 133 Å². The lowest BCUT2D eigenvalue weighted by Gasteiger charge is -2.44. The predicted octanol–water partition coefficient (Wildman–Crippen LogP) is 4.89. The van der Waals surface area contributed by atoms with Crippen molar-refractivity contribution in [2.24, 2.45) is 5.92 Å². The Hall–Kier alpha value is -5.80. The minimum Gasteiger partial charge on any atom is -0.371 e. The Labute approximate surface area is 310 Å². The molecule has 2 aliphatic rings. The molecule has 15 heteroatoms. The van der Waals surface area contributed by atoms with E-state index in [4.69, 9.17) is 0 Å². The van der Waals surface area contributed by atoms with E-state index < -0.39 is 22.9 Å². The van der Waals surface area contributed by atoms with Crippen LogP contribution in [0.15, 0.2) is 82.8 Å². The number of halogens is 2. The summed E-state index contributed by atoms with van der Waals surface area (Å²) in [5.41, 5.74) is 3.18. The number of aryl methyl sites for hydroxylation is 1. The highest BCUT2D eigenvalue weighted by Crippen LogP contribution is 2.31. The first-order chi connectivity index (χ1) is 26.1. The molecule has 0 radical (unpaired) electrons. The first-order valence-electron chi connectivity index (χ1n) is 18.1. The van der Waals surface area contributed by atoms with Gasteiger partial charge in [0, 0.05) is 94.0 Å². The number of anilines is 3. The standard InChI is InChI=1S/C39H41F2N11O2/c1-24(2)52-25(3)44-37-31(40)16-28(17-33(37)52)36-32(41)19-43-38(47-36)45-34-9-4-26(18-42-34)20-48-12-14-49(15-13-48)21-27-22-50(23-27)29-5-7-30(8-6-29)51-11-10-35(53)46-39(51)54/h4-11,16-19,24,27H,12-15,20-23H2,1-3H3,(H,46,53,54)(H,42,43,45,47). The molecular weight excluding hydrogens is 692 g/mol. The molecule has 54 heavy (non-hydrogen) atoms. The number of piperazine rings is 1. The maximum atomic E-state index is 15.1. The van der Waals surface area contributed by atoms with Crippen molar-refractivity contribution in [2.45, 2.75) is 33.4 Å². The molecule has 0 spiro atoms. The van der Waals surface area contributed by atoms with Gasteiger partial charge in [0.1, 0.15) is 22.9 Å². The summed E-state index contributed by atoms with van der Waals surface area (Å²) in [5.74, 6) is 0.775. The number of hydrogen-bond acceptors (Lipinski definition) is 10. The van der Waals surface area contributed by atoms with Gasteiger partial charge in [-0.15, -0.1) is 0 Å². The summed E-state index contributed by atoms with van der Waals surface area (Å²) in [7, 11) is 0. The lowest BCUT2D eigenvalue weighted by molar-refractivity contribution is 0.107. The Balaban J connectivity index is 0.815. The summed E-state index contributed by atoms with van der Waals surface area (Å²) in [6, 6.07) is 16.1. The molecule has 0 unspecified atom stereocenters. The third-order valence-electron chi connectivity index (χ3n) is 10.2. The van der Waals surface area contributed by atoms with Gasteiger partial charge in [-0.3, -0.25) is 19.2 Å². The minimum atomic E-state index is -0.655. The van der Waals surface area contributed by atoms with E-state index in [0.29, 0.717) is 34.3 Å². The van der Waals surface area contributed by atoms with Gasteiger partial charge in [-0.1, -0.05) is 6.07 Å². The smallest absolute Gasteiger partial charge is 0.332 e. The van der Waals surface area contributed by atoms with E-state index in [-0.39, 0.29) is 23.2 Å². The first kappa shape index (κ1) is 35.2. The van der Waals surface area contributed by atoms with Gasteiger partial charge in [-0.05, 0) is 68.8 Å². The maximum absolute atomic E-state index is 15.1. The summed E-state index contributed by atoms with van der Waals surface area (Å²) in [4.78, 5) is 50.5. The van der Waals surface area contributed by atoms with E-state index >= 15 is 4.39 Å².